The maximum Gasteiger partial charge on any atom is 0.274 e. The van der Waals surface area contributed by atoms with Crippen molar-refractivity contribution < 1.29 is 14.3 Å². The lowest BCUT2D eigenvalue weighted by Gasteiger charge is -2.31. The lowest BCUT2D eigenvalue weighted by atomic mass is 9.88. The normalized spacial score (nSPS) is 19.4. The average molecular weight is 392 g/mol. The largest absolute Gasteiger partial charge is 0.497 e. The van der Waals surface area contributed by atoms with Gasteiger partial charge in [0.05, 0.1) is 7.11 Å². The van der Waals surface area contributed by atoms with Gasteiger partial charge in [0.15, 0.2) is 11.9 Å². The second kappa shape index (κ2) is 6.79. The number of ether oxygens (including phenoxy) is 2. The molecular weight excluding hydrogens is 368 g/mol. The number of fused-ring (bicyclic) bond motifs is 2. The summed E-state index contributed by atoms with van der Waals surface area (Å²) in [4.78, 5) is 28.4. The Labute approximate surface area is 168 Å². The fraction of sp³-hybridized carbons (Fsp3) is 0.391. The highest BCUT2D eigenvalue weighted by molar-refractivity contribution is 5.98. The number of benzene rings is 1. The van der Waals surface area contributed by atoms with Gasteiger partial charge in [-0.1, -0.05) is 12.8 Å². The van der Waals surface area contributed by atoms with Crippen molar-refractivity contribution in [2.45, 2.75) is 38.2 Å². The third-order valence-electron chi connectivity index (χ3n) is 6.31. The number of ketones is 1. The standard InChI is InChI=1S/C23H24N2O4/c1-25-12-18(16-7-8-24-20(16)23(25)27)17-11-15(28-2)9-14-10-19(26)22(29-21(14)17)13-5-3-4-6-13/h7-9,11-13,22,24H,3-6,10H2,1-2H3. The summed E-state index contributed by atoms with van der Waals surface area (Å²) in [5.74, 6) is 1.85. The van der Waals surface area contributed by atoms with E-state index in [1.54, 1.807) is 24.9 Å². The summed E-state index contributed by atoms with van der Waals surface area (Å²) in [5.41, 5.74) is 3.07. The first-order valence-corrected chi connectivity index (χ1v) is 10.1. The molecule has 6 heteroatoms. The fourth-order valence-corrected chi connectivity index (χ4v) is 4.83. The molecule has 3 heterocycles. The Bertz CT molecular complexity index is 1170. The number of aromatic amines is 1. The van der Waals surface area contributed by atoms with Crippen LogP contribution in [0, 0.1) is 5.92 Å². The summed E-state index contributed by atoms with van der Waals surface area (Å²) in [6.07, 6.45) is 7.97. The number of hydrogen-bond acceptors (Lipinski definition) is 4. The Morgan fingerprint density at radius 1 is 1.17 bits per heavy atom. The van der Waals surface area contributed by atoms with Gasteiger partial charge < -0.3 is 19.0 Å². The maximum atomic E-state index is 12.8. The lowest BCUT2D eigenvalue weighted by Crippen LogP contribution is -2.38. The molecule has 3 aromatic rings. The molecule has 1 aliphatic heterocycles. The number of hydrogen-bond donors (Lipinski definition) is 1. The molecule has 1 atom stereocenters. The number of aryl methyl sites for hydroxylation is 1. The minimum atomic E-state index is -0.383. The molecule has 1 aromatic carbocycles. The van der Waals surface area contributed by atoms with E-state index in [2.05, 4.69) is 4.98 Å². The molecule has 1 saturated carbocycles. The number of nitrogens with zero attached hydrogens (tertiary/aromatic N) is 1. The first kappa shape index (κ1) is 18.0. The summed E-state index contributed by atoms with van der Waals surface area (Å²) < 4.78 is 13.5. The molecular formula is C23H24N2O4. The van der Waals surface area contributed by atoms with Gasteiger partial charge in [0.2, 0.25) is 0 Å². The topological polar surface area (TPSA) is 73.3 Å². The number of H-pyrrole nitrogens is 1. The molecule has 2 aromatic heterocycles. The van der Waals surface area contributed by atoms with E-state index in [0.717, 1.165) is 53.5 Å². The Balaban J connectivity index is 1.72. The van der Waals surface area contributed by atoms with Crippen molar-refractivity contribution >= 4 is 16.7 Å². The summed E-state index contributed by atoms with van der Waals surface area (Å²) >= 11 is 0. The molecule has 0 amide bonds. The van der Waals surface area contributed by atoms with Crippen LogP contribution < -0.4 is 15.0 Å². The van der Waals surface area contributed by atoms with Crippen LogP contribution in [0.15, 0.2) is 35.4 Å². The zero-order valence-electron chi connectivity index (χ0n) is 16.7. The number of rotatable bonds is 3. The highest BCUT2D eigenvalue weighted by Gasteiger charge is 2.37. The highest BCUT2D eigenvalue weighted by Crippen LogP contribution is 2.44. The van der Waals surface area contributed by atoms with E-state index in [0.29, 0.717) is 17.7 Å². The van der Waals surface area contributed by atoms with Crippen LogP contribution >= 0.6 is 0 Å². The van der Waals surface area contributed by atoms with Crippen LogP contribution in [0.2, 0.25) is 0 Å². The number of pyridine rings is 1. The second-order valence-electron chi connectivity index (χ2n) is 8.11. The predicted octanol–water partition coefficient (Wildman–Crippen LogP) is 3.61. The van der Waals surface area contributed by atoms with Crippen molar-refractivity contribution in [1.29, 1.82) is 0 Å². The minimum Gasteiger partial charge on any atom is -0.497 e. The van der Waals surface area contributed by atoms with Gasteiger partial charge in [0, 0.05) is 53.9 Å². The maximum absolute atomic E-state index is 12.8. The molecule has 150 valence electrons. The van der Waals surface area contributed by atoms with Gasteiger partial charge in [-0.25, -0.2) is 0 Å². The van der Waals surface area contributed by atoms with Crippen LogP contribution in [-0.4, -0.2) is 28.5 Å². The van der Waals surface area contributed by atoms with E-state index < -0.39 is 0 Å². The number of nitrogens with one attached hydrogen (secondary N) is 1. The monoisotopic (exact) mass is 392 g/mol. The number of aromatic nitrogens is 2. The summed E-state index contributed by atoms with van der Waals surface area (Å²) in [7, 11) is 3.36. The number of carbonyl (C=O) groups excluding carboxylic acids is 1. The molecule has 0 spiro atoms. The third kappa shape index (κ3) is 2.85. The van der Waals surface area contributed by atoms with Crippen molar-refractivity contribution in [2.24, 2.45) is 13.0 Å². The second-order valence-corrected chi connectivity index (χ2v) is 8.11. The van der Waals surface area contributed by atoms with Gasteiger partial charge >= 0.3 is 0 Å². The summed E-state index contributed by atoms with van der Waals surface area (Å²) in [5, 5.41) is 0.835. The Morgan fingerprint density at radius 3 is 2.72 bits per heavy atom. The predicted molar refractivity (Wildman–Crippen MR) is 111 cm³/mol. The Kier molecular flexibility index (Phi) is 4.23. The minimum absolute atomic E-state index is 0.0783. The van der Waals surface area contributed by atoms with Crippen molar-refractivity contribution in [3.63, 3.8) is 0 Å². The zero-order valence-corrected chi connectivity index (χ0v) is 16.7. The first-order valence-electron chi connectivity index (χ1n) is 10.1. The van der Waals surface area contributed by atoms with E-state index in [1.165, 1.54) is 0 Å². The molecule has 1 fully saturated rings. The molecule has 0 bridgehead atoms. The van der Waals surface area contributed by atoms with Crippen molar-refractivity contribution in [3.8, 4) is 22.6 Å². The molecule has 6 nitrogen and oxygen atoms in total. The Morgan fingerprint density at radius 2 is 1.97 bits per heavy atom. The van der Waals surface area contributed by atoms with Gasteiger partial charge in [-0.05, 0) is 31.0 Å². The quantitative estimate of drug-likeness (QED) is 0.739. The Hall–Kier alpha value is -3.02. The van der Waals surface area contributed by atoms with Gasteiger partial charge in [-0.15, -0.1) is 0 Å². The third-order valence-corrected chi connectivity index (χ3v) is 6.31. The molecule has 1 unspecified atom stereocenters. The van der Waals surface area contributed by atoms with Gasteiger partial charge in [0.1, 0.15) is 17.0 Å². The molecule has 0 saturated heterocycles. The molecule has 0 radical (unpaired) electrons. The van der Waals surface area contributed by atoms with Crippen LogP contribution in [0.25, 0.3) is 22.0 Å². The van der Waals surface area contributed by atoms with Crippen LogP contribution in [0.3, 0.4) is 0 Å². The molecule has 5 rings (SSSR count). The van der Waals surface area contributed by atoms with E-state index in [4.69, 9.17) is 9.47 Å². The first-order chi connectivity index (χ1) is 14.1. The van der Waals surface area contributed by atoms with Crippen molar-refractivity contribution in [1.82, 2.24) is 9.55 Å². The van der Waals surface area contributed by atoms with E-state index in [1.807, 2.05) is 24.4 Å². The van der Waals surface area contributed by atoms with Crippen molar-refractivity contribution in [3.05, 3.63) is 46.5 Å². The van der Waals surface area contributed by atoms with Crippen LogP contribution in [0.4, 0.5) is 0 Å². The zero-order chi connectivity index (χ0) is 20.1. The van der Waals surface area contributed by atoms with Gasteiger partial charge in [-0.3, -0.25) is 9.59 Å². The van der Waals surface area contributed by atoms with Gasteiger partial charge in [0.25, 0.3) is 5.56 Å². The number of methoxy groups -OCH3 is 1. The van der Waals surface area contributed by atoms with E-state index >= 15 is 0 Å². The smallest absolute Gasteiger partial charge is 0.274 e. The van der Waals surface area contributed by atoms with Crippen molar-refractivity contribution in [2.75, 3.05) is 7.11 Å². The van der Waals surface area contributed by atoms with Crippen LogP contribution in [0.1, 0.15) is 31.2 Å². The summed E-state index contributed by atoms with van der Waals surface area (Å²) in [6, 6.07) is 5.73. The average Bonchev–Trinajstić information content (AvgIpc) is 3.41. The molecule has 1 aliphatic carbocycles. The summed E-state index contributed by atoms with van der Waals surface area (Å²) in [6.45, 7) is 0. The number of carbonyl (C=O) groups is 1. The number of Topliss-reactive ketones (excluding diaryl/α,β-unsaturated/α-hetero) is 1. The highest BCUT2D eigenvalue weighted by atomic mass is 16.5. The SMILES string of the molecule is COc1cc2c(c(-c3cn(C)c(=O)c4[nH]ccc34)c1)OC(C1CCCC1)C(=O)C2. The lowest BCUT2D eigenvalue weighted by molar-refractivity contribution is -0.128. The van der Waals surface area contributed by atoms with Crippen LogP contribution in [0.5, 0.6) is 11.5 Å². The molecule has 1 N–H and O–H groups in total. The van der Waals surface area contributed by atoms with Gasteiger partial charge in [-0.2, -0.15) is 0 Å². The van der Waals surface area contributed by atoms with E-state index in [9.17, 15) is 9.59 Å². The molecule has 2 aliphatic rings. The molecule has 29 heavy (non-hydrogen) atoms. The van der Waals surface area contributed by atoms with E-state index in [-0.39, 0.29) is 23.4 Å². The van der Waals surface area contributed by atoms with Crippen LogP contribution in [-0.2, 0) is 18.3 Å². The fourth-order valence-electron chi connectivity index (χ4n) is 4.83.